The maximum atomic E-state index is 5.21. The molecule has 1 aromatic heterocycles. The highest BCUT2D eigenvalue weighted by Gasteiger charge is 2.03. The number of methoxy groups -OCH3 is 1. The van der Waals surface area contributed by atoms with Crippen LogP contribution in [0.1, 0.15) is 5.56 Å². The lowest BCUT2D eigenvalue weighted by molar-refractivity contribution is 0.412. The van der Waals surface area contributed by atoms with Gasteiger partial charge in [-0.25, -0.2) is 0 Å². The Morgan fingerprint density at radius 2 is 2.20 bits per heavy atom. The van der Waals surface area contributed by atoms with Crippen molar-refractivity contribution in [3.8, 4) is 17.0 Å². The monoisotopic (exact) mass is 237 g/mol. The number of thiazole rings is 1. The number of rotatable bonds is 2. The second kappa shape index (κ2) is 4.16. The predicted octanol–water partition coefficient (Wildman–Crippen LogP) is 3.79. The summed E-state index contributed by atoms with van der Waals surface area (Å²) in [7, 11) is 1.68. The molecule has 0 radical (unpaired) electrons. The van der Waals surface area contributed by atoms with Crippen molar-refractivity contribution in [2.75, 3.05) is 7.11 Å². The molecule has 0 bridgehead atoms. The summed E-state index contributed by atoms with van der Waals surface area (Å²) in [6.07, 6.45) is 0. The maximum absolute atomic E-state index is 5.21. The Hall–Kier alpha value is -1.13. The normalized spacial score (nSPS) is 10.3. The van der Waals surface area contributed by atoms with Crippen LogP contribution in [0.3, 0.4) is 0 Å². The average Bonchev–Trinajstić information content (AvgIpc) is 2.65. The number of aromatic nitrogens is 1. The van der Waals surface area contributed by atoms with Gasteiger partial charge in [-0.3, -0.25) is 0 Å². The van der Waals surface area contributed by atoms with Crippen molar-refractivity contribution in [2.24, 2.45) is 0 Å². The van der Waals surface area contributed by atoms with E-state index in [-0.39, 0.29) is 0 Å². The van der Waals surface area contributed by atoms with Gasteiger partial charge in [0.25, 0.3) is 0 Å². The Morgan fingerprint density at radius 1 is 1.40 bits per heavy atom. The number of hydrogen-bond donors (Lipinski definition) is 1. The fourth-order valence-corrected chi connectivity index (χ4v) is 2.31. The molecule has 78 valence electrons. The SMILES string of the molecule is COc1ccc(-c2csc(=S)[nH]2)cc1C. The third-order valence-corrected chi connectivity index (χ3v) is 3.29. The summed E-state index contributed by atoms with van der Waals surface area (Å²) in [6.45, 7) is 2.03. The summed E-state index contributed by atoms with van der Waals surface area (Å²) < 4.78 is 6.02. The van der Waals surface area contributed by atoms with Crippen molar-refractivity contribution in [3.05, 3.63) is 33.1 Å². The van der Waals surface area contributed by atoms with Gasteiger partial charge < -0.3 is 9.72 Å². The van der Waals surface area contributed by atoms with E-state index in [2.05, 4.69) is 11.1 Å². The Morgan fingerprint density at radius 3 is 2.73 bits per heavy atom. The van der Waals surface area contributed by atoms with Gasteiger partial charge in [-0.1, -0.05) is 0 Å². The smallest absolute Gasteiger partial charge is 0.158 e. The zero-order valence-electron chi connectivity index (χ0n) is 8.53. The second-order valence-electron chi connectivity index (χ2n) is 3.25. The van der Waals surface area contributed by atoms with Crippen molar-refractivity contribution in [3.63, 3.8) is 0 Å². The van der Waals surface area contributed by atoms with Crippen LogP contribution in [0.15, 0.2) is 23.6 Å². The fourth-order valence-electron chi connectivity index (χ4n) is 1.47. The molecule has 0 fully saturated rings. The fraction of sp³-hybridized carbons (Fsp3) is 0.182. The topological polar surface area (TPSA) is 25.0 Å². The first kappa shape index (κ1) is 10.4. The molecular formula is C11H11NOS2. The van der Waals surface area contributed by atoms with E-state index < -0.39 is 0 Å². The van der Waals surface area contributed by atoms with Gasteiger partial charge in [-0.15, -0.1) is 11.3 Å². The summed E-state index contributed by atoms with van der Waals surface area (Å²) in [5.41, 5.74) is 3.33. The second-order valence-corrected chi connectivity index (χ2v) is 4.79. The molecule has 0 unspecified atom stereocenters. The van der Waals surface area contributed by atoms with Gasteiger partial charge >= 0.3 is 0 Å². The molecule has 2 nitrogen and oxygen atoms in total. The van der Waals surface area contributed by atoms with E-state index in [1.54, 1.807) is 18.4 Å². The first-order valence-electron chi connectivity index (χ1n) is 4.53. The standard InChI is InChI=1S/C11H11NOS2/c1-7-5-8(3-4-10(7)13-2)9-6-15-11(14)12-9/h3-6H,1-2H3,(H,12,14). The van der Waals surface area contributed by atoms with Crippen LogP contribution in [0.2, 0.25) is 0 Å². The van der Waals surface area contributed by atoms with Crippen molar-refractivity contribution in [2.45, 2.75) is 6.92 Å². The molecule has 0 aliphatic rings. The third kappa shape index (κ3) is 2.11. The molecule has 0 aliphatic carbocycles. The molecule has 2 rings (SSSR count). The van der Waals surface area contributed by atoms with E-state index in [1.165, 1.54) is 0 Å². The molecular weight excluding hydrogens is 226 g/mol. The highest BCUT2D eigenvalue weighted by Crippen LogP contribution is 2.26. The minimum absolute atomic E-state index is 0.804. The van der Waals surface area contributed by atoms with Crippen LogP contribution in [0, 0.1) is 10.9 Å². The van der Waals surface area contributed by atoms with Gasteiger partial charge in [-0.05, 0) is 48.5 Å². The molecule has 0 aliphatic heterocycles. The molecule has 15 heavy (non-hydrogen) atoms. The molecule has 4 heteroatoms. The van der Waals surface area contributed by atoms with Gasteiger partial charge in [0.05, 0.1) is 12.8 Å². The number of benzene rings is 1. The number of nitrogens with one attached hydrogen (secondary N) is 1. The number of H-pyrrole nitrogens is 1. The molecule has 2 aromatic rings. The van der Waals surface area contributed by atoms with Crippen LogP contribution in [-0.4, -0.2) is 12.1 Å². The highest BCUT2D eigenvalue weighted by molar-refractivity contribution is 7.73. The van der Waals surface area contributed by atoms with E-state index in [1.807, 2.05) is 24.4 Å². The minimum Gasteiger partial charge on any atom is -0.496 e. The summed E-state index contributed by atoms with van der Waals surface area (Å²) in [6, 6.07) is 6.09. The summed E-state index contributed by atoms with van der Waals surface area (Å²) in [5.74, 6) is 0.910. The Bertz CT molecular complexity index is 527. The number of aryl methyl sites for hydroxylation is 1. The molecule has 0 saturated heterocycles. The van der Waals surface area contributed by atoms with Gasteiger partial charge in [-0.2, -0.15) is 0 Å². The van der Waals surface area contributed by atoms with E-state index in [4.69, 9.17) is 17.0 Å². The van der Waals surface area contributed by atoms with Crippen molar-refractivity contribution < 1.29 is 4.74 Å². The largest absolute Gasteiger partial charge is 0.496 e. The Kier molecular flexibility index (Phi) is 2.88. The van der Waals surface area contributed by atoms with Crippen molar-refractivity contribution >= 4 is 23.6 Å². The number of aromatic amines is 1. The molecule has 0 spiro atoms. The van der Waals surface area contributed by atoms with Crippen LogP contribution in [0.4, 0.5) is 0 Å². The van der Waals surface area contributed by atoms with Crippen LogP contribution >= 0.6 is 23.6 Å². The zero-order chi connectivity index (χ0) is 10.8. The highest BCUT2D eigenvalue weighted by atomic mass is 32.1. The van der Waals surface area contributed by atoms with E-state index >= 15 is 0 Å². The van der Waals surface area contributed by atoms with Crippen LogP contribution in [0.5, 0.6) is 5.75 Å². The Labute approximate surface area is 97.6 Å². The molecule has 1 heterocycles. The lowest BCUT2D eigenvalue weighted by atomic mass is 10.1. The number of hydrogen-bond acceptors (Lipinski definition) is 3. The molecule has 1 aromatic carbocycles. The van der Waals surface area contributed by atoms with Crippen molar-refractivity contribution in [1.29, 1.82) is 0 Å². The Balaban J connectivity index is 2.46. The van der Waals surface area contributed by atoms with Crippen LogP contribution in [-0.2, 0) is 0 Å². The first-order valence-corrected chi connectivity index (χ1v) is 5.82. The molecule has 0 saturated carbocycles. The van der Waals surface area contributed by atoms with Crippen molar-refractivity contribution in [1.82, 2.24) is 4.98 Å². The van der Waals surface area contributed by atoms with E-state index in [9.17, 15) is 0 Å². The summed E-state index contributed by atoms with van der Waals surface area (Å²) in [4.78, 5) is 3.15. The molecule has 1 N–H and O–H groups in total. The quantitative estimate of drug-likeness (QED) is 0.804. The summed E-state index contributed by atoms with van der Waals surface area (Å²) >= 11 is 6.60. The van der Waals surface area contributed by atoms with Gasteiger partial charge in [0.1, 0.15) is 5.75 Å². The van der Waals surface area contributed by atoms with E-state index in [0.717, 1.165) is 26.5 Å². The predicted molar refractivity (Wildman–Crippen MR) is 66.2 cm³/mol. The first-order chi connectivity index (χ1) is 7.20. The molecule has 0 amide bonds. The van der Waals surface area contributed by atoms with Gasteiger partial charge in [0.2, 0.25) is 0 Å². The number of ether oxygens (including phenoxy) is 1. The summed E-state index contributed by atoms with van der Waals surface area (Å²) in [5, 5.41) is 2.03. The van der Waals surface area contributed by atoms with Gasteiger partial charge in [0, 0.05) is 5.38 Å². The average molecular weight is 237 g/mol. The third-order valence-electron chi connectivity index (χ3n) is 2.23. The zero-order valence-corrected chi connectivity index (χ0v) is 10.2. The van der Waals surface area contributed by atoms with Crippen LogP contribution in [0.25, 0.3) is 11.3 Å². The lowest BCUT2D eigenvalue weighted by Gasteiger charge is -2.05. The van der Waals surface area contributed by atoms with E-state index in [0.29, 0.717) is 0 Å². The minimum atomic E-state index is 0.804. The van der Waals surface area contributed by atoms with Crippen LogP contribution < -0.4 is 4.74 Å². The maximum Gasteiger partial charge on any atom is 0.158 e. The van der Waals surface area contributed by atoms with Gasteiger partial charge in [0.15, 0.2) is 3.95 Å². The molecule has 0 atom stereocenters. The lowest BCUT2D eigenvalue weighted by Crippen LogP contribution is -1.87.